The van der Waals surface area contributed by atoms with E-state index in [0.717, 1.165) is 55.5 Å². The molecule has 2 nitrogen and oxygen atoms in total. The van der Waals surface area contributed by atoms with Crippen LogP contribution in [0.4, 0.5) is 17.1 Å². The van der Waals surface area contributed by atoms with Gasteiger partial charge in [-0.1, -0.05) is 184 Å². The number of hydrogen-bond donors (Lipinski definition) is 0. The van der Waals surface area contributed by atoms with Crippen LogP contribution < -0.4 is 4.90 Å². The Morgan fingerprint density at radius 1 is 0.377 bits per heavy atom. The lowest BCUT2D eigenvalue weighted by atomic mass is 9.82. The van der Waals surface area contributed by atoms with Crippen molar-refractivity contribution in [3.05, 3.63) is 223 Å². The summed E-state index contributed by atoms with van der Waals surface area (Å²) in [5, 5.41) is 7.09. The third-order valence-corrected chi connectivity index (χ3v) is 13.1. The molecule has 0 atom stereocenters. The highest BCUT2D eigenvalue weighted by molar-refractivity contribution is 6.16. The van der Waals surface area contributed by atoms with Crippen molar-refractivity contribution in [1.29, 1.82) is 0 Å². The number of para-hydroxylation sites is 1. The average molecular weight is 780 g/mol. The molecule has 61 heavy (non-hydrogen) atoms. The van der Waals surface area contributed by atoms with Crippen molar-refractivity contribution in [2.24, 2.45) is 0 Å². The summed E-state index contributed by atoms with van der Waals surface area (Å²) in [6, 6.07) is 77.4. The SMILES string of the molecule is CC1(C)c2ccccc2-c2c(N(c3ccc(-c4ccc(-c5cccc6ccccc56)cc4)cc3)c3ccccc3-c3ccc4oc5c6ccccc6ccc5c4c3)cccc21. The Morgan fingerprint density at radius 3 is 1.77 bits per heavy atom. The lowest BCUT2D eigenvalue weighted by molar-refractivity contribution is 0.660. The van der Waals surface area contributed by atoms with E-state index in [2.05, 4.69) is 231 Å². The van der Waals surface area contributed by atoms with E-state index in [9.17, 15) is 0 Å². The van der Waals surface area contributed by atoms with Crippen LogP contribution in [0, 0.1) is 0 Å². The van der Waals surface area contributed by atoms with Crippen LogP contribution in [-0.2, 0) is 5.41 Å². The number of rotatable bonds is 6. The van der Waals surface area contributed by atoms with Gasteiger partial charge in [0.1, 0.15) is 11.2 Å². The Bertz CT molecular complexity index is 3490. The van der Waals surface area contributed by atoms with Crippen molar-refractivity contribution in [1.82, 2.24) is 0 Å². The summed E-state index contributed by atoms with van der Waals surface area (Å²) in [5.41, 5.74) is 17.5. The van der Waals surface area contributed by atoms with E-state index >= 15 is 0 Å². The van der Waals surface area contributed by atoms with Crippen LogP contribution in [0.15, 0.2) is 217 Å². The summed E-state index contributed by atoms with van der Waals surface area (Å²) in [7, 11) is 0. The molecule has 2 heteroatoms. The Hall–Kier alpha value is -7.68. The largest absolute Gasteiger partial charge is 0.455 e. The molecule has 1 heterocycles. The second-order valence-corrected chi connectivity index (χ2v) is 16.9. The number of hydrogen-bond acceptors (Lipinski definition) is 2. The number of fused-ring (bicyclic) bond motifs is 9. The van der Waals surface area contributed by atoms with Crippen molar-refractivity contribution in [2.75, 3.05) is 4.90 Å². The smallest absolute Gasteiger partial charge is 0.143 e. The van der Waals surface area contributed by atoms with Crippen molar-refractivity contribution < 1.29 is 4.42 Å². The average Bonchev–Trinajstić information content (AvgIpc) is 3.81. The summed E-state index contributed by atoms with van der Waals surface area (Å²) < 4.78 is 6.56. The molecule has 288 valence electrons. The maximum Gasteiger partial charge on any atom is 0.143 e. The Balaban J connectivity index is 1.01. The molecule has 0 fully saturated rings. The summed E-state index contributed by atoms with van der Waals surface area (Å²) in [6.07, 6.45) is 0. The van der Waals surface area contributed by atoms with Gasteiger partial charge in [-0.15, -0.1) is 0 Å². The lowest BCUT2D eigenvalue weighted by Gasteiger charge is -2.30. The summed E-state index contributed by atoms with van der Waals surface area (Å²) in [6.45, 7) is 4.71. The molecule has 1 aliphatic carbocycles. The van der Waals surface area contributed by atoms with Crippen LogP contribution in [0.3, 0.4) is 0 Å². The third kappa shape index (κ3) is 5.56. The first-order chi connectivity index (χ1) is 30.0. The van der Waals surface area contributed by atoms with E-state index in [0.29, 0.717) is 0 Å². The van der Waals surface area contributed by atoms with Gasteiger partial charge in [0.05, 0.1) is 11.4 Å². The molecule has 0 spiro atoms. The summed E-state index contributed by atoms with van der Waals surface area (Å²) >= 11 is 0. The zero-order valence-electron chi connectivity index (χ0n) is 34.1. The molecule has 1 aromatic heterocycles. The molecule has 0 unspecified atom stereocenters. The van der Waals surface area contributed by atoms with E-state index in [1.54, 1.807) is 0 Å². The van der Waals surface area contributed by atoms with Crippen LogP contribution in [0.1, 0.15) is 25.0 Å². The molecule has 0 aliphatic heterocycles. The monoisotopic (exact) mass is 779 g/mol. The maximum absolute atomic E-state index is 6.56. The maximum atomic E-state index is 6.56. The Morgan fingerprint density at radius 2 is 0.951 bits per heavy atom. The normalized spacial score (nSPS) is 12.9. The van der Waals surface area contributed by atoms with E-state index in [4.69, 9.17) is 4.42 Å². The van der Waals surface area contributed by atoms with Gasteiger partial charge in [0.25, 0.3) is 0 Å². The van der Waals surface area contributed by atoms with Crippen LogP contribution in [-0.4, -0.2) is 0 Å². The topological polar surface area (TPSA) is 16.4 Å². The van der Waals surface area contributed by atoms with Gasteiger partial charge in [0.2, 0.25) is 0 Å². The summed E-state index contributed by atoms with van der Waals surface area (Å²) in [4.78, 5) is 2.48. The molecular formula is C59H41NO. The van der Waals surface area contributed by atoms with Crippen LogP contribution in [0.2, 0.25) is 0 Å². The predicted octanol–water partition coefficient (Wildman–Crippen LogP) is 16.7. The zero-order valence-corrected chi connectivity index (χ0v) is 34.1. The standard InChI is InChI=1S/C59H41NO/c1-59(2)52-21-9-7-19-50(52)57-53(59)22-12-24-55(57)60(44-33-29-39(30-34-44)38-25-27-42(28-26-38)46-20-11-15-40-13-3-5-16-45(40)46)54-23-10-8-17-47(54)43-32-36-56-51(37-43)49-35-31-41-14-4-6-18-48(41)58(49)61-56/h3-37H,1-2H3. The highest BCUT2D eigenvalue weighted by Gasteiger charge is 2.38. The van der Waals surface area contributed by atoms with Gasteiger partial charge in [-0.3, -0.25) is 0 Å². The first kappa shape index (κ1) is 35.3. The van der Waals surface area contributed by atoms with E-state index < -0.39 is 0 Å². The highest BCUT2D eigenvalue weighted by atomic mass is 16.3. The van der Waals surface area contributed by atoms with Crippen molar-refractivity contribution in [3.8, 4) is 44.5 Å². The Kier molecular flexibility index (Phi) is 7.92. The number of furan rings is 1. The second-order valence-electron chi connectivity index (χ2n) is 16.9. The molecule has 0 bridgehead atoms. The highest BCUT2D eigenvalue weighted by Crippen LogP contribution is 2.55. The lowest BCUT2D eigenvalue weighted by Crippen LogP contribution is -2.16. The predicted molar refractivity (Wildman–Crippen MR) is 257 cm³/mol. The van der Waals surface area contributed by atoms with Gasteiger partial charge >= 0.3 is 0 Å². The summed E-state index contributed by atoms with van der Waals surface area (Å²) in [5.74, 6) is 0. The van der Waals surface area contributed by atoms with Gasteiger partial charge in [-0.2, -0.15) is 0 Å². The minimum atomic E-state index is -0.132. The van der Waals surface area contributed by atoms with Gasteiger partial charge in [-0.25, -0.2) is 0 Å². The fraction of sp³-hybridized carbons (Fsp3) is 0.0508. The number of anilines is 3. The van der Waals surface area contributed by atoms with E-state index in [-0.39, 0.29) is 5.41 Å². The van der Waals surface area contributed by atoms with Crippen molar-refractivity contribution in [2.45, 2.75) is 19.3 Å². The van der Waals surface area contributed by atoms with E-state index in [1.807, 2.05) is 0 Å². The zero-order chi connectivity index (χ0) is 40.7. The molecule has 12 rings (SSSR count). The molecular weight excluding hydrogens is 739 g/mol. The van der Waals surface area contributed by atoms with Gasteiger partial charge in [0, 0.05) is 38.4 Å². The van der Waals surface area contributed by atoms with Gasteiger partial charge in [0.15, 0.2) is 0 Å². The van der Waals surface area contributed by atoms with E-state index in [1.165, 1.54) is 60.7 Å². The molecule has 0 N–H and O–H groups in total. The van der Waals surface area contributed by atoms with Crippen LogP contribution >= 0.6 is 0 Å². The van der Waals surface area contributed by atoms with Crippen LogP contribution in [0.5, 0.6) is 0 Å². The van der Waals surface area contributed by atoms with Crippen molar-refractivity contribution >= 4 is 60.5 Å². The minimum Gasteiger partial charge on any atom is -0.455 e. The third-order valence-electron chi connectivity index (χ3n) is 13.1. The minimum absolute atomic E-state index is 0.132. The fourth-order valence-corrected chi connectivity index (χ4v) is 10.0. The first-order valence-electron chi connectivity index (χ1n) is 21.2. The van der Waals surface area contributed by atoms with Crippen molar-refractivity contribution in [3.63, 3.8) is 0 Å². The van der Waals surface area contributed by atoms with Gasteiger partial charge < -0.3 is 9.32 Å². The Labute approximate surface area is 355 Å². The quantitative estimate of drug-likeness (QED) is 0.167. The molecule has 0 amide bonds. The fourth-order valence-electron chi connectivity index (χ4n) is 10.0. The number of benzene rings is 10. The molecule has 0 radical (unpaired) electrons. The molecule has 1 aliphatic rings. The first-order valence-corrected chi connectivity index (χ1v) is 21.2. The molecule has 0 saturated carbocycles. The molecule has 0 saturated heterocycles. The second kappa shape index (κ2) is 13.7. The molecule has 10 aromatic carbocycles. The van der Waals surface area contributed by atoms with Gasteiger partial charge in [-0.05, 0) is 103 Å². The molecule has 11 aromatic rings. The van der Waals surface area contributed by atoms with Crippen LogP contribution in [0.25, 0.3) is 88.0 Å². The number of nitrogens with zero attached hydrogens (tertiary/aromatic N) is 1.